The molecule has 0 unspecified atom stereocenters. The molecule has 2 aromatic carbocycles. The van der Waals surface area contributed by atoms with Gasteiger partial charge in [0, 0.05) is 18.7 Å². The maximum absolute atomic E-state index is 14.8. The van der Waals surface area contributed by atoms with Crippen LogP contribution in [0.5, 0.6) is 5.75 Å². The zero-order valence-corrected chi connectivity index (χ0v) is 12.9. The quantitative estimate of drug-likeness (QED) is 0.739. The number of hydrogen-bond donors (Lipinski definition) is 0. The van der Waals surface area contributed by atoms with Crippen molar-refractivity contribution in [2.45, 2.75) is 5.92 Å². The summed E-state index contributed by atoms with van der Waals surface area (Å²) in [6.07, 6.45) is 0. The lowest BCUT2D eigenvalue weighted by Crippen LogP contribution is -2.32. The van der Waals surface area contributed by atoms with E-state index in [1.54, 1.807) is 0 Å². The lowest BCUT2D eigenvalue weighted by Gasteiger charge is -2.17. The minimum absolute atomic E-state index is 0.0136. The summed E-state index contributed by atoms with van der Waals surface area (Å²) < 4.78 is 48.9. The van der Waals surface area contributed by atoms with Crippen LogP contribution in [-0.2, 0) is 13.0 Å². The number of benzene rings is 2. The van der Waals surface area contributed by atoms with E-state index in [0.717, 1.165) is 28.8 Å². The lowest BCUT2D eigenvalue weighted by atomic mass is 10.1. The van der Waals surface area contributed by atoms with E-state index in [1.165, 1.54) is 32.4 Å². The van der Waals surface area contributed by atoms with E-state index in [1.807, 2.05) is 0 Å². The number of aromatic nitrogens is 2. The molecule has 0 aliphatic rings. The number of hydrogen-bond acceptors (Lipinski definition) is 3. The van der Waals surface area contributed by atoms with Gasteiger partial charge in [0.15, 0.2) is 5.69 Å². The number of fused-ring (bicyclic) bond motifs is 1. The molecule has 0 spiro atoms. The molecule has 24 heavy (non-hydrogen) atoms. The summed E-state index contributed by atoms with van der Waals surface area (Å²) in [7, 11) is 2.76. The van der Waals surface area contributed by atoms with Gasteiger partial charge in [-0.3, -0.25) is 4.79 Å². The molecule has 124 valence electrons. The van der Waals surface area contributed by atoms with Crippen molar-refractivity contribution in [3.63, 3.8) is 0 Å². The molecule has 0 aliphatic heterocycles. The Hall–Kier alpha value is -2.83. The van der Waals surface area contributed by atoms with E-state index < -0.39 is 28.6 Å². The molecule has 0 bridgehead atoms. The molecular weight excluding hydrogens is 321 g/mol. The monoisotopic (exact) mass is 334 g/mol. The number of alkyl halides is 2. The molecule has 0 saturated heterocycles. The maximum atomic E-state index is 14.8. The SMILES string of the molecule is COc1ccc(C(F)(F)c2nc3cc(F)ccc3n(C)c2=O)cc1. The second kappa shape index (κ2) is 5.67. The number of ether oxygens (including phenoxy) is 1. The minimum atomic E-state index is -3.62. The Bertz CT molecular complexity index is 966. The average Bonchev–Trinajstić information content (AvgIpc) is 2.57. The standard InChI is InChI=1S/C17H13F3N2O2/c1-22-14-8-5-11(18)9-13(14)21-15(16(22)23)17(19,20)10-3-6-12(24-2)7-4-10/h3-9H,1-2H3. The van der Waals surface area contributed by atoms with E-state index in [4.69, 9.17) is 4.74 Å². The van der Waals surface area contributed by atoms with Gasteiger partial charge in [-0.15, -0.1) is 0 Å². The van der Waals surface area contributed by atoms with Crippen LogP contribution in [0, 0.1) is 5.82 Å². The maximum Gasteiger partial charge on any atom is 0.320 e. The van der Waals surface area contributed by atoms with Crippen LogP contribution < -0.4 is 10.3 Å². The van der Waals surface area contributed by atoms with Crippen LogP contribution in [0.1, 0.15) is 11.3 Å². The molecule has 7 heteroatoms. The van der Waals surface area contributed by atoms with Gasteiger partial charge in [-0.05, 0) is 36.4 Å². The Morgan fingerprint density at radius 3 is 2.42 bits per heavy atom. The molecule has 0 amide bonds. The van der Waals surface area contributed by atoms with E-state index in [0.29, 0.717) is 5.75 Å². The summed E-state index contributed by atoms with van der Waals surface area (Å²) in [6, 6.07) is 8.55. The van der Waals surface area contributed by atoms with Crippen molar-refractivity contribution in [3.05, 3.63) is 69.9 Å². The van der Waals surface area contributed by atoms with Gasteiger partial charge in [0.25, 0.3) is 5.56 Å². The van der Waals surface area contributed by atoms with Crippen LogP contribution in [0.15, 0.2) is 47.3 Å². The van der Waals surface area contributed by atoms with E-state index in [9.17, 15) is 18.0 Å². The molecule has 3 rings (SSSR count). The molecular formula is C17H13F3N2O2. The van der Waals surface area contributed by atoms with Crippen molar-refractivity contribution in [2.75, 3.05) is 7.11 Å². The molecule has 0 N–H and O–H groups in total. The number of halogens is 3. The number of methoxy groups -OCH3 is 1. The summed E-state index contributed by atoms with van der Waals surface area (Å²) in [5.41, 5.74) is -2.03. The molecule has 0 radical (unpaired) electrons. The molecule has 1 aromatic heterocycles. The van der Waals surface area contributed by atoms with Gasteiger partial charge in [-0.1, -0.05) is 0 Å². The van der Waals surface area contributed by atoms with Gasteiger partial charge in [0.05, 0.1) is 18.1 Å². The van der Waals surface area contributed by atoms with E-state index in [2.05, 4.69) is 4.98 Å². The Morgan fingerprint density at radius 2 is 1.79 bits per heavy atom. The van der Waals surface area contributed by atoms with Crippen LogP contribution in [0.2, 0.25) is 0 Å². The van der Waals surface area contributed by atoms with Gasteiger partial charge in [0.2, 0.25) is 0 Å². The Balaban J connectivity index is 2.22. The molecule has 0 saturated carbocycles. The van der Waals surface area contributed by atoms with E-state index in [-0.39, 0.29) is 11.0 Å². The van der Waals surface area contributed by atoms with Crippen LogP contribution in [0.25, 0.3) is 11.0 Å². The summed E-state index contributed by atoms with van der Waals surface area (Å²) in [4.78, 5) is 16.0. The molecule has 4 nitrogen and oxygen atoms in total. The van der Waals surface area contributed by atoms with Crippen molar-refractivity contribution < 1.29 is 17.9 Å². The highest BCUT2D eigenvalue weighted by atomic mass is 19.3. The number of nitrogens with zero attached hydrogens (tertiary/aromatic N) is 2. The molecule has 3 aromatic rings. The Morgan fingerprint density at radius 1 is 1.12 bits per heavy atom. The first-order valence-corrected chi connectivity index (χ1v) is 7.03. The van der Waals surface area contributed by atoms with Gasteiger partial charge in [-0.25, -0.2) is 9.37 Å². The van der Waals surface area contributed by atoms with Crippen LogP contribution in [-0.4, -0.2) is 16.7 Å². The highest BCUT2D eigenvalue weighted by Crippen LogP contribution is 2.34. The topological polar surface area (TPSA) is 44.1 Å². The first kappa shape index (κ1) is 16.0. The highest BCUT2D eigenvalue weighted by Gasteiger charge is 2.39. The fraction of sp³-hybridized carbons (Fsp3) is 0.176. The Labute approximate surface area is 135 Å². The second-order valence-electron chi connectivity index (χ2n) is 5.26. The first-order valence-electron chi connectivity index (χ1n) is 7.03. The van der Waals surface area contributed by atoms with Gasteiger partial charge >= 0.3 is 5.92 Å². The smallest absolute Gasteiger partial charge is 0.320 e. The fourth-order valence-corrected chi connectivity index (χ4v) is 2.45. The summed E-state index contributed by atoms with van der Waals surface area (Å²) in [5, 5.41) is 0. The van der Waals surface area contributed by atoms with Crippen LogP contribution in [0.3, 0.4) is 0 Å². The predicted octanol–water partition coefficient (Wildman–Crippen LogP) is 3.22. The number of rotatable bonds is 3. The van der Waals surface area contributed by atoms with Gasteiger partial charge < -0.3 is 9.30 Å². The van der Waals surface area contributed by atoms with Gasteiger partial charge in [-0.2, -0.15) is 8.78 Å². The third-order valence-electron chi connectivity index (χ3n) is 3.79. The third-order valence-corrected chi connectivity index (χ3v) is 3.79. The summed E-state index contributed by atoms with van der Waals surface area (Å²) >= 11 is 0. The zero-order chi connectivity index (χ0) is 17.5. The van der Waals surface area contributed by atoms with Crippen molar-refractivity contribution in [2.24, 2.45) is 7.05 Å². The molecule has 0 atom stereocenters. The first-order chi connectivity index (χ1) is 11.3. The molecule has 0 aliphatic carbocycles. The van der Waals surface area contributed by atoms with E-state index >= 15 is 0 Å². The molecule has 1 heterocycles. The van der Waals surface area contributed by atoms with Crippen LogP contribution in [0.4, 0.5) is 13.2 Å². The minimum Gasteiger partial charge on any atom is -0.497 e. The third kappa shape index (κ3) is 2.51. The van der Waals surface area contributed by atoms with Crippen molar-refractivity contribution in [3.8, 4) is 5.75 Å². The van der Waals surface area contributed by atoms with Gasteiger partial charge in [0.1, 0.15) is 11.6 Å². The van der Waals surface area contributed by atoms with Crippen molar-refractivity contribution in [1.82, 2.24) is 9.55 Å². The van der Waals surface area contributed by atoms with Crippen molar-refractivity contribution in [1.29, 1.82) is 0 Å². The lowest BCUT2D eigenvalue weighted by molar-refractivity contribution is 0.0362. The normalized spacial score (nSPS) is 11.7. The summed E-state index contributed by atoms with van der Waals surface area (Å²) in [5.74, 6) is -3.83. The predicted molar refractivity (Wildman–Crippen MR) is 82.9 cm³/mol. The number of aryl methyl sites for hydroxylation is 1. The Kier molecular flexibility index (Phi) is 3.79. The van der Waals surface area contributed by atoms with Crippen molar-refractivity contribution >= 4 is 11.0 Å². The average molecular weight is 334 g/mol. The van der Waals surface area contributed by atoms with Crippen LogP contribution >= 0.6 is 0 Å². The highest BCUT2D eigenvalue weighted by molar-refractivity contribution is 5.74. The fourth-order valence-electron chi connectivity index (χ4n) is 2.45. The largest absolute Gasteiger partial charge is 0.497 e. The molecule has 0 fully saturated rings. The zero-order valence-electron chi connectivity index (χ0n) is 12.9. The summed E-state index contributed by atoms with van der Waals surface area (Å²) in [6.45, 7) is 0. The second-order valence-corrected chi connectivity index (χ2v) is 5.26.